The van der Waals surface area contributed by atoms with Gasteiger partial charge in [-0.15, -0.1) is 11.8 Å². The molecule has 2 N–H and O–H groups in total. The van der Waals surface area contributed by atoms with E-state index in [0.717, 1.165) is 19.5 Å². The minimum Gasteiger partial charge on any atom is -0.351 e. The molecule has 0 unspecified atom stereocenters. The molecule has 0 radical (unpaired) electrons. The van der Waals surface area contributed by atoms with Crippen molar-refractivity contribution in [3.8, 4) is 0 Å². The highest BCUT2D eigenvalue weighted by atomic mass is 32.2. The first-order valence-corrected chi connectivity index (χ1v) is 6.10. The molecule has 1 heterocycles. The zero-order chi connectivity index (χ0) is 10.6. The van der Waals surface area contributed by atoms with Gasteiger partial charge in [-0.05, 0) is 13.0 Å². The molecule has 0 saturated carbocycles. The van der Waals surface area contributed by atoms with Crippen LogP contribution in [-0.2, 0) is 4.79 Å². The van der Waals surface area contributed by atoms with E-state index in [1.807, 2.05) is 0 Å². The number of carbonyl (C=O) groups excluding carboxylic acids is 1. The van der Waals surface area contributed by atoms with E-state index in [2.05, 4.69) is 31.4 Å². The van der Waals surface area contributed by atoms with Crippen LogP contribution in [0.1, 0.15) is 27.2 Å². The molecule has 4 heteroatoms. The van der Waals surface area contributed by atoms with Crippen LogP contribution in [0.25, 0.3) is 0 Å². The highest BCUT2D eigenvalue weighted by molar-refractivity contribution is 8.01. The maximum Gasteiger partial charge on any atom is 0.230 e. The van der Waals surface area contributed by atoms with Crippen molar-refractivity contribution >= 4 is 17.7 Å². The fourth-order valence-corrected chi connectivity index (χ4v) is 1.98. The van der Waals surface area contributed by atoms with Crippen LogP contribution in [-0.4, -0.2) is 35.5 Å². The Bertz CT molecular complexity index is 195. The highest BCUT2D eigenvalue weighted by Crippen LogP contribution is 2.22. The van der Waals surface area contributed by atoms with E-state index >= 15 is 0 Å². The third kappa shape index (κ3) is 4.86. The van der Waals surface area contributed by atoms with Crippen LogP contribution in [0.2, 0.25) is 0 Å². The van der Waals surface area contributed by atoms with Gasteiger partial charge in [0.15, 0.2) is 0 Å². The minimum atomic E-state index is 0.165. The summed E-state index contributed by atoms with van der Waals surface area (Å²) in [4.78, 5) is 11.5. The Balaban J connectivity index is 2.15. The fraction of sp³-hybridized carbons (Fsp3) is 0.900. The molecule has 1 amide bonds. The van der Waals surface area contributed by atoms with Gasteiger partial charge >= 0.3 is 0 Å². The smallest absolute Gasteiger partial charge is 0.230 e. The summed E-state index contributed by atoms with van der Waals surface area (Å²) in [6.45, 7) is 8.33. The molecule has 0 bridgehead atoms. The maximum absolute atomic E-state index is 11.5. The Hall–Kier alpha value is -0.220. The second kappa shape index (κ2) is 5.03. The predicted octanol–water partition coefficient (Wildman–Crippen LogP) is 0.996. The molecule has 14 heavy (non-hydrogen) atoms. The zero-order valence-corrected chi connectivity index (χ0v) is 10.0. The standard InChI is InChI=1S/C10H20N2OS/c1-10(2,3)14-7-9(13)12-8-4-5-11-6-8/h8,11H,4-7H2,1-3H3,(H,12,13)/t8-/m0/s1. The van der Waals surface area contributed by atoms with Crippen molar-refractivity contribution in [1.82, 2.24) is 10.6 Å². The Kier molecular flexibility index (Phi) is 4.26. The van der Waals surface area contributed by atoms with E-state index in [0.29, 0.717) is 11.8 Å². The third-order valence-electron chi connectivity index (χ3n) is 2.06. The molecule has 0 aromatic rings. The monoisotopic (exact) mass is 216 g/mol. The van der Waals surface area contributed by atoms with E-state index in [1.54, 1.807) is 11.8 Å². The topological polar surface area (TPSA) is 41.1 Å². The number of nitrogens with one attached hydrogen (secondary N) is 2. The van der Waals surface area contributed by atoms with E-state index < -0.39 is 0 Å². The van der Waals surface area contributed by atoms with Crippen LogP contribution in [0.3, 0.4) is 0 Å². The van der Waals surface area contributed by atoms with Gasteiger partial charge in [-0.3, -0.25) is 4.79 Å². The first-order chi connectivity index (χ1) is 6.47. The summed E-state index contributed by atoms with van der Waals surface area (Å²) in [5.74, 6) is 0.735. The highest BCUT2D eigenvalue weighted by Gasteiger charge is 2.18. The van der Waals surface area contributed by atoms with Gasteiger partial charge in [0.1, 0.15) is 0 Å². The van der Waals surface area contributed by atoms with Crippen LogP contribution >= 0.6 is 11.8 Å². The van der Waals surface area contributed by atoms with Crippen molar-refractivity contribution in [3.05, 3.63) is 0 Å². The number of hydrogen-bond donors (Lipinski definition) is 2. The Labute approximate surface area is 90.4 Å². The number of amides is 1. The molecule has 82 valence electrons. The Morgan fingerprint density at radius 1 is 1.57 bits per heavy atom. The molecule has 1 fully saturated rings. The fourth-order valence-electron chi connectivity index (χ4n) is 1.33. The van der Waals surface area contributed by atoms with E-state index in [-0.39, 0.29) is 10.7 Å². The summed E-state index contributed by atoms with van der Waals surface area (Å²) in [5.41, 5.74) is 0. The number of hydrogen-bond acceptors (Lipinski definition) is 3. The van der Waals surface area contributed by atoms with Gasteiger partial charge in [-0.2, -0.15) is 0 Å². The lowest BCUT2D eigenvalue weighted by atomic mass is 10.2. The van der Waals surface area contributed by atoms with Crippen molar-refractivity contribution in [2.24, 2.45) is 0 Å². The predicted molar refractivity (Wildman–Crippen MR) is 61.6 cm³/mol. The van der Waals surface area contributed by atoms with Crippen LogP contribution in [0.15, 0.2) is 0 Å². The van der Waals surface area contributed by atoms with Gasteiger partial charge in [0.2, 0.25) is 5.91 Å². The first kappa shape index (κ1) is 11.9. The summed E-state index contributed by atoms with van der Waals surface area (Å²) in [5, 5.41) is 6.26. The van der Waals surface area contributed by atoms with Gasteiger partial charge in [-0.1, -0.05) is 20.8 Å². The minimum absolute atomic E-state index is 0.165. The summed E-state index contributed by atoms with van der Waals surface area (Å²) in [7, 11) is 0. The van der Waals surface area contributed by atoms with Crippen molar-refractivity contribution in [2.45, 2.75) is 38.0 Å². The Morgan fingerprint density at radius 3 is 2.79 bits per heavy atom. The van der Waals surface area contributed by atoms with Gasteiger partial charge in [0.25, 0.3) is 0 Å². The van der Waals surface area contributed by atoms with Gasteiger partial charge in [0.05, 0.1) is 5.75 Å². The average molecular weight is 216 g/mol. The summed E-state index contributed by atoms with van der Waals surface area (Å²) in [6, 6.07) is 0.350. The second-order valence-corrected chi connectivity index (χ2v) is 6.46. The largest absolute Gasteiger partial charge is 0.351 e. The molecule has 1 saturated heterocycles. The maximum atomic E-state index is 11.5. The lowest BCUT2D eigenvalue weighted by Crippen LogP contribution is -2.37. The van der Waals surface area contributed by atoms with E-state index in [1.165, 1.54) is 0 Å². The Morgan fingerprint density at radius 2 is 2.29 bits per heavy atom. The van der Waals surface area contributed by atoms with Gasteiger partial charge in [0, 0.05) is 17.3 Å². The molecule has 1 atom stereocenters. The number of rotatable bonds is 3. The van der Waals surface area contributed by atoms with Crippen LogP contribution in [0.5, 0.6) is 0 Å². The molecule has 1 rings (SSSR count). The molecular formula is C10H20N2OS. The van der Waals surface area contributed by atoms with E-state index in [9.17, 15) is 4.79 Å². The van der Waals surface area contributed by atoms with Gasteiger partial charge < -0.3 is 10.6 Å². The van der Waals surface area contributed by atoms with Crippen LogP contribution in [0.4, 0.5) is 0 Å². The second-order valence-electron chi connectivity index (χ2n) is 4.66. The average Bonchev–Trinajstić information content (AvgIpc) is 2.52. The van der Waals surface area contributed by atoms with Crippen molar-refractivity contribution in [1.29, 1.82) is 0 Å². The van der Waals surface area contributed by atoms with Gasteiger partial charge in [-0.25, -0.2) is 0 Å². The van der Waals surface area contributed by atoms with Crippen molar-refractivity contribution in [3.63, 3.8) is 0 Å². The molecular weight excluding hydrogens is 196 g/mol. The summed E-state index contributed by atoms with van der Waals surface area (Å²) >= 11 is 1.69. The SMILES string of the molecule is CC(C)(C)SCC(=O)N[C@H]1CCNC1. The number of carbonyl (C=O) groups is 1. The molecule has 1 aliphatic heterocycles. The lowest BCUT2D eigenvalue weighted by molar-refractivity contribution is -0.119. The lowest BCUT2D eigenvalue weighted by Gasteiger charge is -2.18. The third-order valence-corrected chi connectivity index (χ3v) is 3.33. The van der Waals surface area contributed by atoms with Crippen molar-refractivity contribution < 1.29 is 4.79 Å². The quantitative estimate of drug-likeness (QED) is 0.739. The normalized spacial score (nSPS) is 22.4. The first-order valence-electron chi connectivity index (χ1n) is 5.11. The van der Waals surface area contributed by atoms with Crippen molar-refractivity contribution in [2.75, 3.05) is 18.8 Å². The zero-order valence-electron chi connectivity index (χ0n) is 9.22. The van der Waals surface area contributed by atoms with Crippen LogP contribution < -0.4 is 10.6 Å². The summed E-state index contributed by atoms with van der Waals surface area (Å²) in [6.07, 6.45) is 1.06. The molecule has 0 aromatic carbocycles. The number of thioether (sulfide) groups is 1. The van der Waals surface area contributed by atoms with E-state index in [4.69, 9.17) is 0 Å². The molecule has 0 aromatic heterocycles. The van der Waals surface area contributed by atoms with Crippen LogP contribution in [0, 0.1) is 0 Å². The molecule has 3 nitrogen and oxygen atoms in total. The summed E-state index contributed by atoms with van der Waals surface area (Å²) < 4.78 is 0.172. The molecule has 1 aliphatic rings. The molecule has 0 aliphatic carbocycles. The molecule has 0 spiro atoms.